The first-order valence-corrected chi connectivity index (χ1v) is 8.14. The summed E-state index contributed by atoms with van der Waals surface area (Å²) in [7, 11) is 0. The molecule has 106 valence electrons. The van der Waals surface area contributed by atoms with E-state index in [1.165, 1.54) is 26.4 Å². The minimum atomic E-state index is -0.0676. The molecule has 0 saturated carbocycles. The zero-order chi connectivity index (χ0) is 14.3. The Morgan fingerprint density at radius 2 is 1.85 bits per heavy atom. The minimum Gasteiger partial charge on any atom is -0.372 e. The molecule has 0 aliphatic carbocycles. The zero-order valence-corrected chi connectivity index (χ0v) is 13.6. The molecule has 0 amide bonds. The van der Waals surface area contributed by atoms with Gasteiger partial charge in [-0.05, 0) is 34.2 Å². The maximum absolute atomic E-state index is 6.67. The highest BCUT2D eigenvalue weighted by atomic mass is 35.5. The first-order valence-electron chi connectivity index (χ1n) is 6.89. The number of alkyl halides is 1. The Hall–Kier alpha value is -0.830. The Kier molecular flexibility index (Phi) is 3.65. The van der Waals surface area contributed by atoms with Crippen molar-refractivity contribution in [2.75, 3.05) is 0 Å². The third-order valence-corrected chi connectivity index (χ3v) is 5.85. The molecule has 1 aromatic heterocycles. The van der Waals surface area contributed by atoms with E-state index in [1.54, 1.807) is 0 Å². The van der Waals surface area contributed by atoms with Gasteiger partial charge >= 0.3 is 0 Å². The van der Waals surface area contributed by atoms with Gasteiger partial charge in [0.25, 0.3) is 0 Å². The third-order valence-electron chi connectivity index (χ3n) is 3.65. The molecule has 1 unspecified atom stereocenters. The summed E-state index contributed by atoms with van der Waals surface area (Å²) in [6.07, 6.45) is 0. The van der Waals surface area contributed by atoms with E-state index < -0.39 is 0 Å². The molecule has 3 rings (SSSR count). The quantitative estimate of drug-likeness (QED) is 0.675. The van der Waals surface area contributed by atoms with Crippen LogP contribution in [0.3, 0.4) is 0 Å². The van der Waals surface area contributed by atoms with Gasteiger partial charge < -0.3 is 4.74 Å². The summed E-state index contributed by atoms with van der Waals surface area (Å²) in [6, 6.07) is 10.8. The second kappa shape index (κ2) is 5.18. The summed E-state index contributed by atoms with van der Waals surface area (Å²) in [5, 5.41) is -0.0676. The Morgan fingerprint density at radius 1 is 1.10 bits per heavy atom. The molecule has 0 spiro atoms. The number of hydrogen-bond donors (Lipinski definition) is 0. The molecule has 1 nitrogen and oxygen atoms in total. The molecular formula is C17H19ClOS. The van der Waals surface area contributed by atoms with Gasteiger partial charge in [-0.2, -0.15) is 0 Å². The average molecular weight is 307 g/mol. The Balaban J connectivity index is 1.89. The fraction of sp³-hybridized carbons (Fsp3) is 0.412. The summed E-state index contributed by atoms with van der Waals surface area (Å²) >= 11 is 8.48. The van der Waals surface area contributed by atoms with Gasteiger partial charge in [0.15, 0.2) is 0 Å². The number of rotatable bonds is 2. The molecule has 3 heteroatoms. The van der Waals surface area contributed by atoms with Crippen LogP contribution < -0.4 is 0 Å². The van der Waals surface area contributed by atoms with E-state index in [9.17, 15) is 0 Å². The third kappa shape index (κ3) is 2.65. The molecule has 0 radical (unpaired) electrons. The number of fused-ring (bicyclic) bond motifs is 1. The zero-order valence-electron chi connectivity index (χ0n) is 12.1. The highest BCUT2D eigenvalue weighted by Crippen LogP contribution is 2.38. The molecule has 1 atom stereocenters. The van der Waals surface area contributed by atoms with Crippen molar-refractivity contribution in [1.82, 2.24) is 0 Å². The van der Waals surface area contributed by atoms with Gasteiger partial charge in [0, 0.05) is 9.75 Å². The number of benzene rings is 1. The summed E-state index contributed by atoms with van der Waals surface area (Å²) in [6.45, 7) is 8.15. The Morgan fingerprint density at radius 3 is 2.55 bits per heavy atom. The second-order valence-corrected chi connectivity index (χ2v) is 7.89. The standard InChI is InChI=1S/C17H19ClOS/c1-17(2,3)15-7-6-14(20-15)16(18)11-4-5-12-9-19-10-13(12)8-11/h4-8,16H,9-10H2,1-3H3. The number of hydrogen-bond acceptors (Lipinski definition) is 2. The van der Waals surface area contributed by atoms with E-state index >= 15 is 0 Å². The summed E-state index contributed by atoms with van der Waals surface area (Å²) < 4.78 is 5.46. The molecule has 2 heterocycles. The summed E-state index contributed by atoms with van der Waals surface area (Å²) in [5.74, 6) is 0. The SMILES string of the molecule is CC(C)(C)c1ccc(C(Cl)c2ccc3c(c2)COC3)s1. The second-order valence-electron chi connectivity index (χ2n) is 6.34. The van der Waals surface area contributed by atoms with Crippen LogP contribution in [-0.2, 0) is 23.4 Å². The first-order chi connectivity index (χ1) is 9.45. The molecule has 0 bridgehead atoms. The predicted molar refractivity (Wildman–Crippen MR) is 85.7 cm³/mol. The molecule has 1 aliphatic rings. The van der Waals surface area contributed by atoms with Crippen LogP contribution in [0.5, 0.6) is 0 Å². The summed E-state index contributed by atoms with van der Waals surface area (Å²) in [4.78, 5) is 2.60. The fourth-order valence-corrected chi connectivity index (χ4v) is 3.82. The van der Waals surface area contributed by atoms with Gasteiger partial charge in [0.1, 0.15) is 0 Å². The van der Waals surface area contributed by atoms with Crippen LogP contribution in [0.2, 0.25) is 0 Å². The predicted octanol–water partition coefficient (Wildman–Crippen LogP) is 5.40. The molecule has 2 aromatic rings. The number of thiophene rings is 1. The molecule has 1 aromatic carbocycles. The van der Waals surface area contributed by atoms with E-state index in [2.05, 4.69) is 51.1 Å². The highest BCUT2D eigenvalue weighted by Gasteiger charge is 2.21. The normalized spacial score (nSPS) is 16.2. The Bertz CT molecular complexity index is 624. The first kappa shape index (κ1) is 14.1. The fourth-order valence-electron chi connectivity index (χ4n) is 2.41. The molecule has 20 heavy (non-hydrogen) atoms. The van der Waals surface area contributed by atoms with Crippen molar-refractivity contribution in [3.05, 3.63) is 56.8 Å². The van der Waals surface area contributed by atoms with Crippen molar-refractivity contribution in [2.24, 2.45) is 0 Å². The van der Waals surface area contributed by atoms with Gasteiger partial charge in [-0.1, -0.05) is 39.0 Å². The molecule has 0 saturated heterocycles. The lowest BCUT2D eigenvalue weighted by atomic mass is 9.95. The van der Waals surface area contributed by atoms with Crippen LogP contribution in [0.1, 0.15) is 52.6 Å². The van der Waals surface area contributed by atoms with E-state index in [4.69, 9.17) is 16.3 Å². The van der Waals surface area contributed by atoms with Gasteiger partial charge in [0.05, 0.1) is 18.6 Å². The smallest absolute Gasteiger partial charge is 0.0927 e. The number of ether oxygens (including phenoxy) is 1. The molecule has 0 N–H and O–H groups in total. The van der Waals surface area contributed by atoms with Crippen LogP contribution in [0.15, 0.2) is 30.3 Å². The maximum Gasteiger partial charge on any atom is 0.0927 e. The average Bonchev–Trinajstić information content (AvgIpc) is 3.05. The van der Waals surface area contributed by atoms with E-state index in [0.717, 1.165) is 6.61 Å². The van der Waals surface area contributed by atoms with Gasteiger partial charge in [-0.3, -0.25) is 0 Å². The largest absolute Gasteiger partial charge is 0.372 e. The van der Waals surface area contributed by atoms with Crippen molar-refractivity contribution >= 4 is 22.9 Å². The lowest BCUT2D eigenvalue weighted by Crippen LogP contribution is -2.07. The Labute approximate surface area is 129 Å². The molecular weight excluding hydrogens is 288 g/mol. The maximum atomic E-state index is 6.67. The van der Waals surface area contributed by atoms with E-state index in [0.29, 0.717) is 6.61 Å². The van der Waals surface area contributed by atoms with Gasteiger partial charge in [-0.25, -0.2) is 0 Å². The minimum absolute atomic E-state index is 0.0676. The van der Waals surface area contributed by atoms with E-state index in [1.807, 2.05) is 11.3 Å². The van der Waals surface area contributed by atoms with E-state index in [-0.39, 0.29) is 10.8 Å². The van der Waals surface area contributed by atoms with Crippen LogP contribution in [-0.4, -0.2) is 0 Å². The van der Waals surface area contributed by atoms with Crippen molar-refractivity contribution in [3.8, 4) is 0 Å². The van der Waals surface area contributed by atoms with Gasteiger partial charge in [0.2, 0.25) is 0 Å². The highest BCUT2D eigenvalue weighted by molar-refractivity contribution is 7.12. The van der Waals surface area contributed by atoms with Crippen LogP contribution >= 0.6 is 22.9 Å². The lowest BCUT2D eigenvalue weighted by molar-refractivity contribution is 0.134. The van der Waals surface area contributed by atoms with Gasteiger partial charge in [-0.15, -0.1) is 22.9 Å². The van der Waals surface area contributed by atoms with Crippen molar-refractivity contribution in [2.45, 2.75) is 44.8 Å². The van der Waals surface area contributed by atoms with Crippen molar-refractivity contribution < 1.29 is 4.74 Å². The van der Waals surface area contributed by atoms with Crippen LogP contribution in [0, 0.1) is 0 Å². The summed E-state index contributed by atoms with van der Waals surface area (Å²) in [5.41, 5.74) is 3.92. The van der Waals surface area contributed by atoms with Crippen molar-refractivity contribution in [3.63, 3.8) is 0 Å². The van der Waals surface area contributed by atoms with Crippen LogP contribution in [0.25, 0.3) is 0 Å². The monoisotopic (exact) mass is 306 g/mol. The number of halogens is 1. The topological polar surface area (TPSA) is 9.23 Å². The van der Waals surface area contributed by atoms with Crippen molar-refractivity contribution in [1.29, 1.82) is 0 Å². The molecule has 1 aliphatic heterocycles. The lowest BCUT2D eigenvalue weighted by Gasteiger charge is -2.15. The van der Waals surface area contributed by atoms with Crippen LogP contribution in [0.4, 0.5) is 0 Å². The molecule has 0 fully saturated rings.